The maximum atomic E-state index is 13.3. The summed E-state index contributed by atoms with van der Waals surface area (Å²) in [5.74, 6) is -1.58. The summed E-state index contributed by atoms with van der Waals surface area (Å²) in [4.78, 5) is 30.3. The first kappa shape index (κ1) is 24.6. The van der Waals surface area contributed by atoms with Crippen molar-refractivity contribution in [2.75, 3.05) is 22.9 Å². The van der Waals surface area contributed by atoms with Crippen LogP contribution in [0.3, 0.4) is 0 Å². The molecule has 35 heavy (non-hydrogen) atoms. The van der Waals surface area contributed by atoms with Gasteiger partial charge in [-0.3, -0.25) is 14.5 Å². The molecule has 1 unspecified atom stereocenters. The minimum Gasteiger partial charge on any atom is -0.507 e. The monoisotopic (exact) mass is 488 g/mol. The van der Waals surface area contributed by atoms with E-state index in [1.54, 1.807) is 30.3 Å². The molecule has 6 heteroatoms. The second kappa shape index (κ2) is 9.96. The molecule has 1 heterocycles. The maximum absolute atomic E-state index is 13.3. The van der Waals surface area contributed by atoms with Crippen LogP contribution in [0.5, 0.6) is 0 Å². The maximum Gasteiger partial charge on any atom is 0.300 e. The van der Waals surface area contributed by atoms with Crippen LogP contribution in [-0.4, -0.2) is 29.9 Å². The molecule has 1 saturated heterocycles. The van der Waals surface area contributed by atoms with Gasteiger partial charge < -0.3 is 10.0 Å². The highest BCUT2D eigenvalue weighted by atomic mass is 35.5. The van der Waals surface area contributed by atoms with E-state index >= 15 is 0 Å². The first-order valence-corrected chi connectivity index (χ1v) is 12.1. The Balaban J connectivity index is 1.90. The number of aryl methyl sites for hydroxylation is 2. The fourth-order valence-electron chi connectivity index (χ4n) is 4.52. The Morgan fingerprint density at radius 2 is 1.54 bits per heavy atom. The molecule has 3 aromatic carbocycles. The fourth-order valence-corrected chi connectivity index (χ4v) is 4.64. The van der Waals surface area contributed by atoms with Gasteiger partial charge in [-0.2, -0.15) is 0 Å². The molecule has 0 saturated carbocycles. The second-order valence-corrected chi connectivity index (χ2v) is 9.14. The first-order valence-electron chi connectivity index (χ1n) is 11.8. The van der Waals surface area contributed by atoms with Gasteiger partial charge in [0.15, 0.2) is 0 Å². The third-order valence-electron chi connectivity index (χ3n) is 6.67. The first-order chi connectivity index (χ1) is 16.8. The average molecular weight is 489 g/mol. The molecule has 0 aromatic heterocycles. The highest BCUT2D eigenvalue weighted by molar-refractivity contribution is 6.51. The molecule has 0 bridgehead atoms. The molecule has 1 aliphatic heterocycles. The Morgan fingerprint density at radius 1 is 0.914 bits per heavy atom. The summed E-state index contributed by atoms with van der Waals surface area (Å²) in [5, 5.41) is 11.9. The van der Waals surface area contributed by atoms with Gasteiger partial charge in [0.25, 0.3) is 11.7 Å². The van der Waals surface area contributed by atoms with E-state index in [1.807, 2.05) is 50.2 Å². The van der Waals surface area contributed by atoms with Crippen molar-refractivity contribution in [2.45, 2.75) is 33.7 Å². The summed E-state index contributed by atoms with van der Waals surface area (Å²) in [6, 6.07) is 19.3. The van der Waals surface area contributed by atoms with Gasteiger partial charge in [-0.15, -0.1) is 0 Å². The van der Waals surface area contributed by atoms with Crippen LogP contribution in [0.25, 0.3) is 5.76 Å². The van der Waals surface area contributed by atoms with E-state index in [0.717, 1.165) is 35.5 Å². The van der Waals surface area contributed by atoms with Gasteiger partial charge in [-0.25, -0.2) is 0 Å². The minimum atomic E-state index is -0.775. The van der Waals surface area contributed by atoms with Crippen molar-refractivity contribution in [1.29, 1.82) is 0 Å². The van der Waals surface area contributed by atoms with Crippen molar-refractivity contribution in [2.24, 2.45) is 0 Å². The van der Waals surface area contributed by atoms with Crippen LogP contribution in [0.4, 0.5) is 11.4 Å². The Bertz CT molecular complexity index is 1290. The van der Waals surface area contributed by atoms with Crippen molar-refractivity contribution in [3.05, 3.63) is 99.6 Å². The largest absolute Gasteiger partial charge is 0.507 e. The fraction of sp³-hybridized carbons (Fsp3) is 0.241. The molecule has 0 aliphatic carbocycles. The van der Waals surface area contributed by atoms with Crippen molar-refractivity contribution in [3.63, 3.8) is 0 Å². The molecule has 0 spiro atoms. The molecule has 0 radical (unpaired) electrons. The Morgan fingerprint density at radius 3 is 2.11 bits per heavy atom. The Labute approximate surface area is 211 Å². The number of anilines is 2. The molecule has 5 nitrogen and oxygen atoms in total. The lowest BCUT2D eigenvalue weighted by molar-refractivity contribution is -0.132. The number of ketones is 1. The van der Waals surface area contributed by atoms with Crippen LogP contribution in [0.2, 0.25) is 5.02 Å². The summed E-state index contributed by atoms with van der Waals surface area (Å²) in [7, 11) is 0. The Kier molecular flexibility index (Phi) is 6.99. The summed E-state index contributed by atoms with van der Waals surface area (Å²) >= 11 is 6.07. The number of aliphatic hydroxyl groups is 1. The van der Waals surface area contributed by atoms with Crippen molar-refractivity contribution >= 4 is 40.4 Å². The summed E-state index contributed by atoms with van der Waals surface area (Å²) in [5.41, 5.74) is 4.97. The van der Waals surface area contributed by atoms with Crippen LogP contribution in [0, 0.1) is 13.8 Å². The van der Waals surface area contributed by atoms with Crippen molar-refractivity contribution in [3.8, 4) is 0 Å². The smallest absolute Gasteiger partial charge is 0.300 e. The number of carbonyl (C=O) groups excluding carboxylic acids is 2. The van der Waals surface area contributed by atoms with E-state index < -0.39 is 17.7 Å². The third kappa shape index (κ3) is 4.56. The van der Waals surface area contributed by atoms with E-state index in [4.69, 9.17) is 11.6 Å². The van der Waals surface area contributed by atoms with E-state index in [-0.39, 0.29) is 11.3 Å². The van der Waals surface area contributed by atoms with Crippen molar-refractivity contribution in [1.82, 2.24) is 0 Å². The molecule has 3 aromatic rings. The SMILES string of the molecule is CCN(CC)c1ccc(C2/C(=C(/O)c3ccc(C)c(C)c3)C(=O)C(=O)N2c2ccc(Cl)cc2)cc1. The van der Waals surface area contributed by atoms with Gasteiger partial charge in [0.2, 0.25) is 0 Å². The number of halogens is 1. The molecule has 1 atom stereocenters. The lowest BCUT2D eigenvalue weighted by Gasteiger charge is -2.27. The topological polar surface area (TPSA) is 60.9 Å². The summed E-state index contributed by atoms with van der Waals surface area (Å²) < 4.78 is 0. The lowest BCUT2D eigenvalue weighted by Crippen LogP contribution is -2.29. The number of rotatable bonds is 6. The highest BCUT2D eigenvalue weighted by Crippen LogP contribution is 2.42. The van der Waals surface area contributed by atoms with Crippen molar-refractivity contribution < 1.29 is 14.7 Å². The normalized spacial score (nSPS) is 17.2. The number of aliphatic hydroxyl groups excluding tert-OH is 1. The molecule has 180 valence electrons. The molecular formula is C29H29ClN2O3. The van der Waals surface area contributed by atoms with Crippen LogP contribution < -0.4 is 9.80 Å². The predicted octanol–water partition coefficient (Wildman–Crippen LogP) is 6.43. The molecule has 1 aliphatic rings. The van der Waals surface area contributed by atoms with E-state index in [2.05, 4.69) is 18.7 Å². The van der Waals surface area contributed by atoms with Gasteiger partial charge >= 0.3 is 0 Å². The van der Waals surface area contributed by atoms with E-state index in [0.29, 0.717) is 16.3 Å². The van der Waals surface area contributed by atoms with E-state index in [9.17, 15) is 14.7 Å². The number of hydrogen-bond acceptors (Lipinski definition) is 4. The number of hydrogen-bond donors (Lipinski definition) is 1. The molecule has 1 amide bonds. The van der Waals surface area contributed by atoms with Gasteiger partial charge in [-0.1, -0.05) is 35.9 Å². The lowest BCUT2D eigenvalue weighted by atomic mass is 9.94. The van der Waals surface area contributed by atoms with Gasteiger partial charge in [0.1, 0.15) is 5.76 Å². The molecule has 1 fully saturated rings. The number of nitrogens with zero attached hydrogens (tertiary/aromatic N) is 2. The van der Waals surface area contributed by atoms with E-state index in [1.165, 1.54) is 4.90 Å². The van der Waals surface area contributed by atoms with Gasteiger partial charge in [0, 0.05) is 35.1 Å². The van der Waals surface area contributed by atoms with Crippen LogP contribution in [0.1, 0.15) is 42.1 Å². The highest BCUT2D eigenvalue weighted by Gasteiger charge is 2.47. The zero-order valence-electron chi connectivity index (χ0n) is 20.4. The summed E-state index contributed by atoms with van der Waals surface area (Å²) in [6.07, 6.45) is 0. The predicted molar refractivity (Wildman–Crippen MR) is 142 cm³/mol. The molecule has 1 N–H and O–H groups in total. The van der Waals surface area contributed by atoms with Crippen LogP contribution in [0.15, 0.2) is 72.3 Å². The Hall–Kier alpha value is -3.57. The minimum absolute atomic E-state index is 0.0730. The van der Waals surface area contributed by atoms with Crippen LogP contribution >= 0.6 is 11.6 Å². The van der Waals surface area contributed by atoms with Gasteiger partial charge in [-0.05, 0) is 86.8 Å². The number of amides is 1. The second-order valence-electron chi connectivity index (χ2n) is 8.71. The zero-order valence-corrected chi connectivity index (χ0v) is 21.1. The number of benzene rings is 3. The zero-order chi connectivity index (χ0) is 25.3. The van der Waals surface area contributed by atoms with Crippen LogP contribution in [-0.2, 0) is 9.59 Å². The number of Topliss-reactive ketones (excluding diaryl/α,β-unsaturated/α-hetero) is 1. The molecular weight excluding hydrogens is 460 g/mol. The summed E-state index contributed by atoms with van der Waals surface area (Å²) in [6.45, 7) is 9.85. The number of carbonyl (C=O) groups is 2. The quantitative estimate of drug-likeness (QED) is 0.247. The standard InChI is InChI=1S/C29H29ClN2O3/c1-5-31(6-2)23-13-9-20(10-14-23)26-25(27(33)21-8-7-18(3)19(4)17-21)28(34)29(35)32(26)24-15-11-22(30)12-16-24/h7-17,26,33H,5-6H2,1-4H3/b27-25-. The van der Waals surface area contributed by atoms with Gasteiger partial charge in [0.05, 0.1) is 11.6 Å². The molecule has 4 rings (SSSR count). The average Bonchev–Trinajstić information content (AvgIpc) is 3.12. The third-order valence-corrected chi connectivity index (χ3v) is 6.92.